The highest BCUT2D eigenvalue weighted by atomic mass is 16.5. The van der Waals surface area contributed by atoms with Gasteiger partial charge in [-0.2, -0.15) is 0 Å². The SMILES string of the molecule is Nc1ccc(Oc2cocc2CC(=O)C(=O)c2nc[nH]n2)cc1. The number of ether oxygens (including phenoxy) is 1. The first-order valence-corrected chi connectivity index (χ1v) is 6.65. The quantitative estimate of drug-likeness (QED) is 0.403. The Morgan fingerprint density at radius 3 is 2.70 bits per heavy atom. The standard InChI is InChI=1S/C15H12N4O4/c16-10-1-3-11(4-2-10)23-13-7-22-6-9(13)5-12(20)14(21)15-17-8-18-19-15/h1-4,6-8H,5,16H2,(H,17,18,19). The molecule has 3 N–H and O–H groups in total. The minimum atomic E-state index is -0.772. The van der Waals surface area contributed by atoms with E-state index in [0.717, 1.165) is 0 Å². The Kier molecular flexibility index (Phi) is 3.88. The summed E-state index contributed by atoms with van der Waals surface area (Å²) in [5, 5.41) is 5.98. The fraction of sp³-hybridized carbons (Fsp3) is 0.0667. The van der Waals surface area contributed by atoms with Gasteiger partial charge in [-0.15, -0.1) is 5.10 Å². The molecule has 23 heavy (non-hydrogen) atoms. The minimum Gasteiger partial charge on any atom is -0.468 e. The van der Waals surface area contributed by atoms with Crippen LogP contribution in [0.5, 0.6) is 11.5 Å². The molecule has 2 aromatic heterocycles. The highest BCUT2D eigenvalue weighted by Gasteiger charge is 2.22. The maximum atomic E-state index is 12.0. The summed E-state index contributed by atoms with van der Waals surface area (Å²) in [6.45, 7) is 0. The molecule has 0 fully saturated rings. The Morgan fingerprint density at radius 1 is 1.22 bits per heavy atom. The number of benzene rings is 1. The van der Waals surface area contributed by atoms with E-state index < -0.39 is 11.6 Å². The number of ketones is 2. The molecule has 8 nitrogen and oxygen atoms in total. The number of aromatic nitrogens is 3. The predicted molar refractivity (Wildman–Crippen MR) is 79.1 cm³/mol. The van der Waals surface area contributed by atoms with E-state index in [2.05, 4.69) is 15.2 Å². The van der Waals surface area contributed by atoms with E-state index in [0.29, 0.717) is 22.7 Å². The van der Waals surface area contributed by atoms with Gasteiger partial charge in [0.05, 0.1) is 6.26 Å². The number of hydrogen-bond acceptors (Lipinski definition) is 7. The normalized spacial score (nSPS) is 10.4. The second kappa shape index (κ2) is 6.14. The van der Waals surface area contributed by atoms with E-state index in [1.54, 1.807) is 24.3 Å². The van der Waals surface area contributed by atoms with Crippen LogP contribution in [0.1, 0.15) is 16.2 Å². The largest absolute Gasteiger partial charge is 0.468 e. The molecule has 8 heteroatoms. The number of aromatic amines is 1. The molecule has 0 unspecified atom stereocenters. The zero-order valence-corrected chi connectivity index (χ0v) is 11.9. The summed E-state index contributed by atoms with van der Waals surface area (Å²) in [5.74, 6) is -0.709. The summed E-state index contributed by atoms with van der Waals surface area (Å²) in [6, 6.07) is 6.75. The molecule has 0 aliphatic rings. The van der Waals surface area contributed by atoms with Crippen LogP contribution in [-0.4, -0.2) is 26.7 Å². The third-order valence-electron chi connectivity index (χ3n) is 3.03. The number of hydrogen-bond donors (Lipinski definition) is 2. The van der Waals surface area contributed by atoms with Gasteiger partial charge in [-0.05, 0) is 24.3 Å². The second-order valence-electron chi connectivity index (χ2n) is 4.68. The number of nitrogen functional groups attached to an aromatic ring is 1. The van der Waals surface area contributed by atoms with Crippen LogP contribution in [0.2, 0.25) is 0 Å². The van der Waals surface area contributed by atoms with Crippen LogP contribution in [0.15, 0.2) is 47.5 Å². The van der Waals surface area contributed by atoms with Crippen molar-refractivity contribution in [3.8, 4) is 11.5 Å². The van der Waals surface area contributed by atoms with Gasteiger partial charge in [0, 0.05) is 17.7 Å². The lowest BCUT2D eigenvalue weighted by Crippen LogP contribution is -2.18. The maximum absolute atomic E-state index is 12.0. The van der Waals surface area contributed by atoms with E-state index in [1.807, 2.05) is 0 Å². The van der Waals surface area contributed by atoms with Gasteiger partial charge in [-0.25, -0.2) is 4.98 Å². The topological polar surface area (TPSA) is 124 Å². The van der Waals surface area contributed by atoms with E-state index in [9.17, 15) is 9.59 Å². The number of nitrogens with zero attached hydrogens (tertiary/aromatic N) is 2. The molecular weight excluding hydrogens is 300 g/mol. The van der Waals surface area contributed by atoms with E-state index in [-0.39, 0.29) is 12.2 Å². The average Bonchev–Trinajstić information content (AvgIpc) is 3.21. The number of nitrogens with two attached hydrogens (primary N) is 1. The van der Waals surface area contributed by atoms with Gasteiger partial charge < -0.3 is 14.9 Å². The zero-order valence-electron chi connectivity index (χ0n) is 11.9. The van der Waals surface area contributed by atoms with Crippen molar-refractivity contribution in [3.63, 3.8) is 0 Å². The van der Waals surface area contributed by atoms with E-state index in [4.69, 9.17) is 14.9 Å². The van der Waals surface area contributed by atoms with Crippen LogP contribution in [0, 0.1) is 0 Å². The number of Topliss-reactive ketones (excluding diaryl/α,β-unsaturated/α-hetero) is 2. The molecule has 0 bridgehead atoms. The Morgan fingerprint density at radius 2 is 2.00 bits per heavy atom. The van der Waals surface area contributed by atoms with Gasteiger partial charge in [0.15, 0.2) is 5.75 Å². The van der Waals surface area contributed by atoms with Crippen molar-refractivity contribution in [2.75, 3.05) is 5.73 Å². The molecule has 0 spiro atoms. The maximum Gasteiger partial charge on any atom is 0.267 e. The van der Waals surface area contributed by atoms with Crippen molar-refractivity contribution >= 4 is 17.3 Å². The van der Waals surface area contributed by atoms with Gasteiger partial charge in [-0.1, -0.05) is 0 Å². The van der Waals surface area contributed by atoms with Crippen molar-refractivity contribution in [2.45, 2.75) is 6.42 Å². The van der Waals surface area contributed by atoms with Crippen LogP contribution >= 0.6 is 0 Å². The number of carbonyl (C=O) groups is 2. The summed E-state index contributed by atoms with van der Waals surface area (Å²) < 4.78 is 10.7. The van der Waals surface area contributed by atoms with Crippen molar-refractivity contribution in [3.05, 3.63) is 54.5 Å². The number of carbonyl (C=O) groups excluding carboxylic acids is 2. The first-order chi connectivity index (χ1) is 11.1. The van der Waals surface area contributed by atoms with Crippen LogP contribution in [0.3, 0.4) is 0 Å². The molecule has 0 saturated heterocycles. The van der Waals surface area contributed by atoms with Crippen LogP contribution in [-0.2, 0) is 11.2 Å². The number of anilines is 1. The first-order valence-electron chi connectivity index (χ1n) is 6.65. The lowest BCUT2D eigenvalue weighted by molar-refractivity contribution is -0.114. The molecule has 0 radical (unpaired) electrons. The number of nitrogens with one attached hydrogen (secondary N) is 1. The number of furan rings is 1. The monoisotopic (exact) mass is 312 g/mol. The molecule has 3 rings (SSSR count). The molecule has 0 aliphatic carbocycles. The smallest absolute Gasteiger partial charge is 0.267 e. The third kappa shape index (κ3) is 3.26. The van der Waals surface area contributed by atoms with Crippen LogP contribution in [0.25, 0.3) is 0 Å². The van der Waals surface area contributed by atoms with Gasteiger partial charge in [0.25, 0.3) is 5.78 Å². The Bertz CT molecular complexity index is 822. The van der Waals surface area contributed by atoms with Crippen molar-refractivity contribution in [1.82, 2.24) is 15.2 Å². The van der Waals surface area contributed by atoms with Gasteiger partial charge >= 0.3 is 0 Å². The highest BCUT2D eigenvalue weighted by Crippen LogP contribution is 2.27. The summed E-state index contributed by atoms with van der Waals surface area (Å²) in [4.78, 5) is 27.5. The molecule has 0 aliphatic heterocycles. The first kappa shape index (κ1) is 14.5. The zero-order chi connectivity index (χ0) is 16.2. The lowest BCUT2D eigenvalue weighted by Gasteiger charge is -2.05. The van der Waals surface area contributed by atoms with Crippen LogP contribution < -0.4 is 10.5 Å². The Balaban J connectivity index is 1.72. The third-order valence-corrected chi connectivity index (χ3v) is 3.03. The Hall–Kier alpha value is -3.42. The van der Waals surface area contributed by atoms with Gasteiger partial charge in [-0.3, -0.25) is 14.7 Å². The highest BCUT2D eigenvalue weighted by molar-refractivity contribution is 6.43. The van der Waals surface area contributed by atoms with Crippen molar-refractivity contribution in [2.24, 2.45) is 0 Å². The van der Waals surface area contributed by atoms with Crippen molar-refractivity contribution < 1.29 is 18.7 Å². The summed E-state index contributed by atoms with van der Waals surface area (Å²) in [5.41, 5.74) is 6.67. The summed E-state index contributed by atoms with van der Waals surface area (Å²) >= 11 is 0. The summed E-state index contributed by atoms with van der Waals surface area (Å²) in [7, 11) is 0. The van der Waals surface area contributed by atoms with Gasteiger partial charge in [0.1, 0.15) is 18.3 Å². The molecule has 0 saturated carbocycles. The molecule has 3 aromatic rings. The lowest BCUT2D eigenvalue weighted by atomic mass is 10.1. The van der Waals surface area contributed by atoms with Gasteiger partial charge in [0.2, 0.25) is 11.6 Å². The average molecular weight is 312 g/mol. The molecular formula is C15H12N4O4. The summed E-state index contributed by atoms with van der Waals surface area (Å²) in [6.07, 6.45) is 3.77. The molecule has 0 atom stereocenters. The molecule has 2 heterocycles. The van der Waals surface area contributed by atoms with Crippen LogP contribution in [0.4, 0.5) is 5.69 Å². The fourth-order valence-corrected chi connectivity index (χ4v) is 1.89. The van der Waals surface area contributed by atoms with E-state index in [1.165, 1.54) is 18.9 Å². The fourth-order valence-electron chi connectivity index (χ4n) is 1.89. The molecule has 116 valence electrons. The van der Waals surface area contributed by atoms with E-state index >= 15 is 0 Å². The minimum absolute atomic E-state index is 0.167. The Labute approximate surface area is 130 Å². The number of H-pyrrole nitrogens is 1. The van der Waals surface area contributed by atoms with Crippen molar-refractivity contribution in [1.29, 1.82) is 0 Å². The predicted octanol–water partition coefficient (Wildman–Crippen LogP) is 1.77. The number of rotatable bonds is 6. The molecule has 0 amide bonds. The second-order valence-corrected chi connectivity index (χ2v) is 4.68. The molecule has 1 aromatic carbocycles.